The van der Waals surface area contributed by atoms with Crippen LogP contribution in [0.1, 0.15) is 77.3 Å². The molecule has 0 bridgehead atoms. The topological polar surface area (TPSA) is 115 Å². The molecule has 3 heterocycles. The number of ether oxygens (including phenoxy) is 2. The average molecular weight is 575 g/mol. The van der Waals surface area contributed by atoms with Crippen LogP contribution in [-0.4, -0.2) is 43.8 Å². The van der Waals surface area contributed by atoms with Gasteiger partial charge in [-0.2, -0.15) is 5.10 Å². The molecule has 2 N–H and O–H groups in total. The van der Waals surface area contributed by atoms with E-state index in [4.69, 9.17) is 9.47 Å². The van der Waals surface area contributed by atoms with Crippen LogP contribution in [0.15, 0.2) is 36.4 Å². The Hall–Kier alpha value is -4.31. The quantitative estimate of drug-likeness (QED) is 0.293. The van der Waals surface area contributed by atoms with Crippen LogP contribution in [0.25, 0.3) is 16.9 Å². The molecule has 0 aliphatic carbocycles. The summed E-state index contributed by atoms with van der Waals surface area (Å²) in [4.78, 5) is 30.5. The second-order valence-corrected chi connectivity index (χ2v) is 11.6. The normalized spacial score (nSPS) is 13.9. The maximum Gasteiger partial charge on any atom is 0.337 e. The van der Waals surface area contributed by atoms with Gasteiger partial charge in [-0.3, -0.25) is 4.79 Å². The van der Waals surface area contributed by atoms with E-state index in [1.54, 1.807) is 33.8 Å². The maximum atomic E-state index is 15.5. The van der Waals surface area contributed by atoms with Crippen molar-refractivity contribution in [1.82, 2.24) is 19.9 Å². The molecule has 5 rings (SSSR count). The first-order valence-corrected chi connectivity index (χ1v) is 13.9. The van der Waals surface area contributed by atoms with E-state index >= 15 is 4.39 Å². The summed E-state index contributed by atoms with van der Waals surface area (Å²) >= 11 is 0. The smallest absolute Gasteiger partial charge is 0.337 e. The average Bonchev–Trinajstić information content (AvgIpc) is 3.36. The number of carbonyl (C=O) groups is 2. The number of carboxylic acids is 1. The summed E-state index contributed by atoms with van der Waals surface area (Å²) in [6.45, 7) is 11.5. The van der Waals surface area contributed by atoms with E-state index in [-0.39, 0.29) is 17.0 Å². The molecular weight excluding hydrogens is 539 g/mol. The molecule has 0 saturated carbocycles. The van der Waals surface area contributed by atoms with E-state index in [0.717, 1.165) is 28.7 Å². The van der Waals surface area contributed by atoms with Crippen molar-refractivity contribution in [3.8, 4) is 17.0 Å². The molecular formula is C32H35FN4O5. The second kappa shape index (κ2) is 11.2. The third-order valence-electron chi connectivity index (χ3n) is 7.41. The van der Waals surface area contributed by atoms with Crippen molar-refractivity contribution in [2.24, 2.45) is 0 Å². The van der Waals surface area contributed by atoms with E-state index in [1.807, 2.05) is 38.1 Å². The van der Waals surface area contributed by atoms with Gasteiger partial charge in [0.2, 0.25) is 0 Å². The van der Waals surface area contributed by atoms with Gasteiger partial charge in [0.05, 0.1) is 17.9 Å². The summed E-state index contributed by atoms with van der Waals surface area (Å²) < 4.78 is 28.6. The molecule has 1 atom stereocenters. The number of aryl methyl sites for hydroxylation is 2. The lowest BCUT2D eigenvalue weighted by molar-refractivity contribution is -0.160. The van der Waals surface area contributed by atoms with Crippen molar-refractivity contribution in [2.75, 3.05) is 6.61 Å². The molecule has 42 heavy (non-hydrogen) atoms. The highest BCUT2D eigenvalue weighted by molar-refractivity contribution is 5.93. The minimum atomic E-state index is -1.44. The van der Waals surface area contributed by atoms with Crippen molar-refractivity contribution in [2.45, 2.75) is 72.6 Å². The van der Waals surface area contributed by atoms with Crippen LogP contribution >= 0.6 is 0 Å². The zero-order valence-electron chi connectivity index (χ0n) is 24.7. The van der Waals surface area contributed by atoms with Crippen LogP contribution in [0.3, 0.4) is 0 Å². The molecule has 1 aliphatic rings. The van der Waals surface area contributed by atoms with Gasteiger partial charge in [0.1, 0.15) is 0 Å². The number of amides is 1. The van der Waals surface area contributed by atoms with Gasteiger partial charge < -0.3 is 19.9 Å². The number of fused-ring (bicyclic) bond motifs is 2. The number of nitrogens with one attached hydrogen (secondary N) is 1. The van der Waals surface area contributed by atoms with Gasteiger partial charge in [0.15, 0.2) is 29.0 Å². The fourth-order valence-corrected chi connectivity index (χ4v) is 5.38. The molecule has 0 unspecified atom stereocenters. The standard InChI is InChI=1S/C32H35FN4O5/c1-17-10-7-8-11-20(17)16-34-30(38)24-15-25-35-19(3)26(29(31(39)40)42-32(4,5)6)27(37(25)36-24)22-14-23(33)28-21(18(22)2)12-9-13-41-28/h7-8,10-11,14-15,29H,9,12-13,16H2,1-6H3,(H,34,38)(H,39,40)/t29-/m0/s1. The first kappa shape index (κ1) is 29.2. The summed E-state index contributed by atoms with van der Waals surface area (Å²) in [7, 11) is 0. The van der Waals surface area contributed by atoms with Gasteiger partial charge in [-0.1, -0.05) is 24.3 Å². The Morgan fingerprint density at radius 2 is 1.93 bits per heavy atom. The van der Waals surface area contributed by atoms with Gasteiger partial charge in [0, 0.05) is 35.0 Å². The van der Waals surface area contributed by atoms with Gasteiger partial charge in [-0.25, -0.2) is 18.7 Å². The Morgan fingerprint density at radius 1 is 1.19 bits per heavy atom. The number of carbonyl (C=O) groups excluding carboxylic acids is 1. The van der Waals surface area contributed by atoms with Crippen molar-refractivity contribution >= 4 is 17.5 Å². The molecule has 1 aliphatic heterocycles. The van der Waals surface area contributed by atoms with E-state index in [1.165, 1.54) is 10.6 Å². The fourth-order valence-electron chi connectivity index (χ4n) is 5.38. The van der Waals surface area contributed by atoms with Crippen LogP contribution in [0.4, 0.5) is 4.39 Å². The second-order valence-electron chi connectivity index (χ2n) is 11.6. The molecule has 0 saturated heterocycles. The van der Waals surface area contributed by atoms with Crippen molar-refractivity contribution < 1.29 is 28.6 Å². The summed E-state index contributed by atoms with van der Waals surface area (Å²) in [6.07, 6.45) is -0.0954. The lowest BCUT2D eigenvalue weighted by atomic mass is 9.91. The van der Waals surface area contributed by atoms with Gasteiger partial charge in [0.25, 0.3) is 5.91 Å². The number of carboxylic acid groups (broad SMARTS) is 1. The Labute approximate surface area is 243 Å². The number of halogens is 1. The first-order chi connectivity index (χ1) is 19.9. The molecule has 2 aromatic carbocycles. The van der Waals surface area contributed by atoms with E-state index < -0.39 is 29.4 Å². The predicted molar refractivity (Wildman–Crippen MR) is 155 cm³/mol. The van der Waals surface area contributed by atoms with Crippen LogP contribution in [-0.2, 0) is 22.5 Å². The van der Waals surface area contributed by atoms with Gasteiger partial charge in [-0.05, 0) is 77.1 Å². The van der Waals surface area contributed by atoms with Crippen LogP contribution in [0.5, 0.6) is 5.75 Å². The largest absolute Gasteiger partial charge is 0.490 e. The minimum absolute atomic E-state index is 0.0944. The third kappa shape index (κ3) is 5.59. The van der Waals surface area contributed by atoms with Crippen molar-refractivity contribution in [1.29, 1.82) is 0 Å². The molecule has 0 radical (unpaired) electrons. The molecule has 2 aromatic heterocycles. The summed E-state index contributed by atoms with van der Waals surface area (Å²) in [5.74, 6) is -1.98. The lowest BCUT2D eigenvalue weighted by Gasteiger charge is -2.28. The highest BCUT2D eigenvalue weighted by Crippen LogP contribution is 2.41. The Kier molecular flexibility index (Phi) is 7.76. The fraction of sp³-hybridized carbons (Fsp3) is 0.375. The van der Waals surface area contributed by atoms with Crippen LogP contribution < -0.4 is 10.1 Å². The lowest BCUT2D eigenvalue weighted by Crippen LogP contribution is -2.29. The molecule has 9 nitrogen and oxygen atoms in total. The molecule has 10 heteroatoms. The van der Waals surface area contributed by atoms with E-state index in [2.05, 4.69) is 15.4 Å². The van der Waals surface area contributed by atoms with E-state index in [9.17, 15) is 14.7 Å². The highest BCUT2D eigenvalue weighted by Gasteiger charge is 2.35. The zero-order valence-corrected chi connectivity index (χ0v) is 24.7. The molecule has 1 amide bonds. The Morgan fingerprint density at radius 3 is 2.62 bits per heavy atom. The molecule has 220 valence electrons. The summed E-state index contributed by atoms with van der Waals surface area (Å²) in [5, 5.41) is 17.8. The van der Waals surface area contributed by atoms with Gasteiger partial charge in [-0.15, -0.1) is 0 Å². The number of hydrogen-bond donors (Lipinski definition) is 2. The number of aromatic nitrogens is 3. The predicted octanol–water partition coefficient (Wildman–Crippen LogP) is 5.66. The Balaban J connectivity index is 1.71. The summed E-state index contributed by atoms with van der Waals surface area (Å²) in [6, 6.07) is 10.6. The minimum Gasteiger partial charge on any atom is -0.490 e. The maximum absolute atomic E-state index is 15.5. The first-order valence-electron chi connectivity index (χ1n) is 13.9. The number of aliphatic carboxylic acids is 1. The number of rotatable bonds is 7. The molecule has 0 fully saturated rings. The van der Waals surface area contributed by atoms with Crippen molar-refractivity contribution in [3.63, 3.8) is 0 Å². The number of hydrogen-bond acceptors (Lipinski definition) is 6. The number of nitrogens with zero attached hydrogens (tertiary/aromatic N) is 3. The monoisotopic (exact) mass is 574 g/mol. The van der Waals surface area contributed by atoms with Crippen LogP contribution in [0.2, 0.25) is 0 Å². The Bertz CT molecular complexity index is 1710. The van der Waals surface area contributed by atoms with Crippen LogP contribution in [0, 0.1) is 26.6 Å². The van der Waals surface area contributed by atoms with Crippen molar-refractivity contribution in [3.05, 3.63) is 81.4 Å². The zero-order chi connectivity index (χ0) is 30.3. The SMILES string of the molecule is Cc1ccccc1CNC(=O)c1cc2nc(C)c([C@H](OC(C)(C)C)C(=O)O)c(-c3cc(F)c4c(c3C)CCCO4)n2n1. The van der Waals surface area contributed by atoms with Gasteiger partial charge >= 0.3 is 5.97 Å². The summed E-state index contributed by atoms with van der Waals surface area (Å²) in [5.41, 5.74) is 4.40. The molecule has 0 spiro atoms. The number of benzene rings is 2. The van der Waals surface area contributed by atoms with E-state index in [0.29, 0.717) is 42.2 Å². The third-order valence-corrected chi connectivity index (χ3v) is 7.41. The molecule has 4 aromatic rings. The highest BCUT2D eigenvalue weighted by atomic mass is 19.1.